The number of amides is 3. The minimum absolute atomic E-state index is 0.123. The molecule has 35 heavy (non-hydrogen) atoms. The van der Waals surface area contributed by atoms with E-state index in [1.54, 1.807) is 60.7 Å². The average molecular weight is 474 g/mol. The third-order valence-corrected chi connectivity index (χ3v) is 5.46. The molecule has 3 amide bonds. The van der Waals surface area contributed by atoms with Gasteiger partial charge in [0.05, 0.1) is 6.61 Å². The summed E-state index contributed by atoms with van der Waals surface area (Å²) < 4.78 is 5.41. The molecule has 3 N–H and O–H groups in total. The largest absolute Gasteiger partial charge is 0.494 e. The Hall–Kier alpha value is -4.13. The smallest absolute Gasteiger partial charge is 0.255 e. The van der Waals surface area contributed by atoms with E-state index in [0.717, 1.165) is 11.3 Å². The molecular formula is C28H31N3O4. The monoisotopic (exact) mass is 473 g/mol. The molecule has 3 aromatic rings. The van der Waals surface area contributed by atoms with Gasteiger partial charge in [-0.3, -0.25) is 14.4 Å². The summed E-state index contributed by atoms with van der Waals surface area (Å²) >= 11 is 0. The third-order valence-electron chi connectivity index (χ3n) is 5.46. The van der Waals surface area contributed by atoms with E-state index in [9.17, 15) is 14.4 Å². The second kappa shape index (κ2) is 11.8. The van der Waals surface area contributed by atoms with Crippen LogP contribution in [0, 0.1) is 12.8 Å². The van der Waals surface area contributed by atoms with Crippen molar-refractivity contribution >= 4 is 29.1 Å². The Morgan fingerprint density at radius 3 is 2.00 bits per heavy atom. The summed E-state index contributed by atoms with van der Waals surface area (Å²) in [6, 6.07) is 20.2. The lowest BCUT2D eigenvalue weighted by Gasteiger charge is -2.22. The van der Waals surface area contributed by atoms with Gasteiger partial charge in [-0.1, -0.05) is 32.0 Å². The van der Waals surface area contributed by atoms with Gasteiger partial charge >= 0.3 is 0 Å². The molecule has 0 spiro atoms. The minimum atomic E-state index is -0.718. The van der Waals surface area contributed by atoms with Crippen molar-refractivity contribution in [3.05, 3.63) is 89.5 Å². The second-order valence-electron chi connectivity index (χ2n) is 8.49. The highest BCUT2D eigenvalue weighted by molar-refractivity contribution is 6.05. The van der Waals surface area contributed by atoms with E-state index in [1.165, 1.54) is 0 Å². The Kier molecular flexibility index (Phi) is 8.62. The number of rotatable bonds is 9. The van der Waals surface area contributed by atoms with Gasteiger partial charge in [-0.2, -0.15) is 0 Å². The van der Waals surface area contributed by atoms with Crippen LogP contribution in [0.2, 0.25) is 0 Å². The molecule has 0 saturated carbocycles. The molecule has 0 heterocycles. The molecule has 3 rings (SSSR count). The molecule has 7 nitrogen and oxygen atoms in total. The zero-order valence-electron chi connectivity index (χ0n) is 20.4. The highest BCUT2D eigenvalue weighted by Crippen LogP contribution is 2.18. The Bertz CT molecular complexity index is 1170. The zero-order chi connectivity index (χ0) is 25.4. The number of nitrogens with one attached hydrogen (secondary N) is 3. The van der Waals surface area contributed by atoms with Crippen LogP contribution >= 0.6 is 0 Å². The molecule has 1 unspecified atom stereocenters. The lowest BCUT2D eigenvalue weighted by atomic mass is 10.0. The van der Waals surface area contributed by atoms with Crippen LogP contribution in [0.25, 0.3) is 0 Å². The number of aryl methyl sites for hydroxylation is 1. The predicted octanol–water partition coefficient (Wildman–Crippen LogP) is 5.04. The van der Waals surface area contributed by atoms with E-state index in [0.29, 0.717) is 29.1 Å². The van der Waals surface area contributed by atoms with Crippen LogP contribution in [0.4, 0.5) is 11.4 Å². The topological polar surface area (TPSA) is 96.5 Å². The maximum Gasteiger partial charge on any atom is 0.255 e. The molecular weight excluding hydrogens is 442 g/mol. The van der Waals surface area contributed by atoms with Crippen molar-refractivity contribution in [2.24, 2.45) is 5.92 Å². The summed E-state index contributed by atoms with van der Waals surface area (Å²) in [5, 5.41) is 8.50. The molecule has 1 atom stereocenters. The molecule has 0 bridgehead atoms. The first-order valence-electron chi connectivity index (χ1n) is 11.6. The summed E-state index contributed by atoms with van der Waals surface area (Å²) in [5.74, 6) is -0.271. The fourth-order valence-electron chi connectivity index (χ4n) is 3.51. The lowest BCUT2D eigenvalue weighted by molar-refractivity contribution is -0.118. The van der Waals surface area contributed by atoms with Crippen molar-refractivity contribution in [2.75, 3.05) is 17.2 Å². The molecule has 0 radical (unpaired) electrons. The highest BCUT2D eigenvalue weighted by atomic mass is 16.5. The second-order valence-corrected chi connectivity index (χ2v) is 8.49. The number of benzene rings is 3. The van der Waals surface area contributed by atoms with Gasteiger partial charge in [-0.25, -0.2) is 0 Å². The van der Waals surface area contributed by atoms with Crippen LogP contribution in [0.1, 0.15) is 47.1 Å². The first-order chi connectivity index (χ1) is 16.8. The standard InChI is InChI=1S/C28H31N3O4/c1-5-35-23-16-14-22(15-17-23)29-26(32)20-10-12-21(13-11-20)30-28(34)25(18(2)3)31-27(33)24-9-7-6-8-19(24)4/h6-18,25H,5H2,1-4H3,(H,29,32)(H,30,34)(H,31,33). The number of ether oxygens (including phenoxy) is 1. The Labute approximate surface area is 205 Å². The van der Waals surface area contributed by atoms with Gasteiger partial charge in [0.2, 0.25) is 5.91 Å². The average Bonchev–Trinajstić information content (AvgIpc) is 2.84. The SMILES string of the molecule is CCOc1ccc(NC(=O)c2ccc(NC(=O)C(NC(=O)c3ccccc3C)C(C)C)cc2)cc1. The normalized spacial score (nSPS) is 11.5. The van der Waals surface area contributed by atoms with Crippen LogP contribution in [0.5, 0.6) is 5.75 Å². The van der Waals surface area contributed by atoms with E-state index < -0.39 is 6.04 Å². The fraction of sp³-hybridized carbons (Fsp3) is 0.250. The molecule has 0 aliphatic carbocycles. The fourth-order valence-corrected chi connectivity index (χ4v) is 3.51. The van der Waals surface area contributed by atoms with Crippen LogP contribution in [-0.4, -0.2) is 30.4 Å². The number of hydrogen-bond donors (Lipinski definition) is 3. The first-order valence-corrected chi connectivity index (χ1v) is 11.6. The summed E-state index contributed by atoms with van der Waals surface area (Å²) in [6.07, 6.45) is 0. The predicted molar refractivity (Wildman–Crippen MR) is 138 cm³/mol. The minimum Gasteiger partial charge on any atom is -0.494 e. The van der Waals surface area contributed by atoms with E-state index >= 15 is 0 Å². The molecule has 0 fully saturated rings. The third kappa shape index (κ3) is 6.93. The Balaban J connectivity index is 1.61. The molecule has 0 aliphatic rings. The van der Waals surface area contributed by atoms with Crippen LogP contribution < -0.4 is 20.7 Å². The lowest BCUT2D eigenvalue weighted by Crippen LogP contribution is -2.47. The molecule has 0 aromatic heterocycles. The Morgan fingerprint density at radius 2 is 1.40 bits per heavy atom. The van der Waals surface area contributed by atoms with Crippen molar-refractivity contribution in [3.63, 3.8) is 0 Å². The van der Waals surface area contributed by atoms with Crippen LogP contribution in [-0.2, 0) is 4.79 Å². The first kappa shape index (κ1) is 25.5. The summed E-state index contributed by atoms with van der Waals surface area (Å²) in [6.45, 7) is 8.08. The van der Waals surface area contributed by atoms with Gasteiger partial charge in [0.25, 0.3) is 11.8 Å². The number of carbonyl (C=O) groups excluding carboxylic acids is 3. The van der Waals surface area contributed by atoms with E-state index in [-0.39, 0.29) is 23.6 Å². The van der Waals surface area contributed by atoms with Gasteiger partial charge in [-0.15, -0.1) is 0 Å². The maximum absolute atomic E-state index is 12.9. The van der Waals surface area contributed by atoms with Gasteiger partial charge in [0, 0.05) is 22.5 Å². The van der Waals surface area contributed by atoms with Crippen molar-refractivity contribution in [1.82, 2.24) is 5.32 Å². The molecule has 7 heteroatoms. The van der Waals surface area contributed by atoms with E-state index in [1.807, 2.05) is 39.8 Å². The van der Waals surface area contributed by atoms with Crippen molar-refractivity contribution in [2.45, 2.75) is 33.7 Å². The number of carbonyl (C=O) groups is 3. The molecule has 0 saturated heterocycles. The summed E-state index contributed by atoms with van der Waals surface area (Å²) in [7, 11) is 0. The molecule has 182 valence electrons. The summed E-state index contributed by atoms with van der Waals surface area (Å²) in [5.41, 5.74) is 3.01. The summed E-state index contributed by atoms with van der Waals surface area (Å²) in [4.78, 5) is 38.2. The van der Waals surface area contributed by atoms with Crippen molar-refractivity contribution in [3.8, 4) is 5.75 Å². The van der Waals surface area contributed by atoms with Crippen molar-refractivity contribution < 1.29 is 19.1 Å². The highest BCUT2D eigenvalue weighted by Gasteiger charge is 2.25. The Morgan fingerprint density at radius 1 is 0.800 bits per heavy atom. The number of anilines is 2. The van der Waals surface area contributed by atoms with Crippen molar-refractivity contribution in [1.29, 1.82) is 0 Å². The van der Waals surface area contributed by atoms with Gasteiger partial charge in [0.1, 0.15) is 11.8 Å². The van der Waals surface area contributed by atoms with Crippen LogP contribution in [0.3, 0.4) is 0 Å². The zero-order valence-corrected chi connectivity index (χ0v) is 20.4. The van der Waals surface area contributed by atoms with Gasteiger partial charge in [0.15, 0.2) is 0 Å². The van der Waals surface area contributed by atoms with Gasteiger partial charge < -0.3 is 20.7 Å². The van der Waals surface area contributed by atoms with E-state index in [2.05, 4.69) is 16.0 Å². The maximum atomic E-state index is 12.9. The van der Waals surface area contributed by atoms with E-state index in [4.69, 9.17) is 4.74 Å². The number of hydrogen-bond acceptors (Lipinski definition) is 4. The van der Waals surface area contributed by atoms with Crippen LogP contribution in [0.15, 0.2) is 72.8 Å². The quantitative estimate of drug-likeness (QED) is 0.406. The molecule has 0 aliphatic heterocycles. The van der Waals surface area contributed by atoms with Gasteiger partial charge in [-0.05, 0) is 79.9 Å². The molecule has 3 aromatic carbocycles.